The van der Waals surface area contributed by atoms with Gasteiger partial charge in [0.15, 0.2) is 6.61 Å². The molecule has 0 aliphatic carbocycles. The van der Waals surface area contributed by atoms with Crippen LogP contribution in [-0.2, 0) is 14.3 Å². The maximum Gasteiger partial charge on any atom is 0.260 e. The lowest BCUT2D eigenvalue weighted by Gasteiger charge is -2.31. The largest absolute Gasteiger partial charge is 0.484 e. The van der Waals surface area contributed by atoms with Gasteiger partial charge in [0, 0.05) is 39.3 Å². The van der Waals surface area contributed by atoms with Crippen LogP contribution in [0.15, 0.2) is 18.2 Å². The second-order valence-corrected chi connectivity index (χ2v) is 7.13. The maximum atomic E-state index is 12.6. The van der Waals surface area contributed by atoms with Crippen LogP contribution in [-0.4, -0.2) is 81.0 Å². The molecule has 1 atom stereocenters. The van der Waals surface area contributed by atoms with Crippen LogP contribution in [0.25, 0.3) is 0 Å². The average molecular weight is 362 g/mol. The van der Waals surface area contributed by atoms with E-state index in [0.29, 0.717) is 13.2 Å². The Morgan fingerprint density at radius 3 is 2.73 bits per heavy atom. The van der Waals surface area contributed by atoms with Crippen molar-refractivity contribution in [2.75, 3.05) is 59.2 Å². The zero-order chi connectivity index (χ0) is 18.4. The minimum Gasteiger partial charge on any atom is -0.484 e. The number of hydrogen-bond acceptors (Lipinski definition) is 5. The molecule has 144 valence electrons. The zero-order valence-electron chi connectivity index (χ0n) is 15.9. The van der Waals surface area contributed by atoms with E-state index < -0.39 is 0 Å². The highest BCUT2D eigenvalue weighted by atomic mass is 16.5. The number of amides is 1. The zero-order valence-corrected chi connectivity index (χ0v) is 15.9. The Kier molecular flexibility index (Phi) is 6.88. The van der Waals surface area contributed by atoms with Gasteiger partial charge in [-0.25, -0.2) is 0 Å². The number of carbonyl (C=O) groups is 1. The average Bonchev–Trinajstić information content (AvgIpc) is 2.89. The SMILES string of the molecule is Cc1ccc(OCC(=O)N2CCCO[C@@H](CN3CCOCC3)C2)cc1C. The topological polar surface area (TPSA) is 51.2 Å². The van der Waals surface area contributed by atoms with Crippen LogP contribution >= 0.6 is 0 Å². The van der Waals surface area contributed by atoms with Gasteiger partial charge in [0.25, 0.3) is 5.91 Å². The molecule has 2 saturated heterocycles. The molecule has 0 spiro atoms. The molecule has 1 aromatic rings. The second-order valence-electron chi connectivity index (χ2n) is 7.13. The van der Waals surface area contributed by atoms with Crippen LogP contribution in [0, 0.1) is 13.8 Å². The molecule has 1 aromatic carbocycles. The van der Waals surface area contributed by atoms with Gasteiger partial charge in [-0.05, 0) is 43.5 Å². The van der Waals surface area contributed by atoms with Crippen molar-refractivity contribution >= 4 is 5.91 Å². The summed E-state index contributed by atoms with van der Waals surface area (Å²) in [6, 6.07) is 5.92. The lowest BCUT2D eigenvalue weighted by atomic mass is 10.1. The Morgan fingerprint density at radius 2 is 1.96 bits per heavy atom. The van der Waals surface area contributed by atoms with Crippen molar-refractivity contribution in [3.05, 3.63) is 29.3 Å². The van der Waals surface area contributed by atoms with Crippen molar-refractivity contribution in [3.63, 3.8) is 0 Å². The van der Waals surface area contributed by atoms with Crippen LogP contribution in [0.5, 0.6) is 5.75 Å². The maximum absolute atomic E-state index is 12.6. The van der Waals surface area contributed by atoms with Crippen molar-refractivity contribution in [1.29, 1.82) is 0 Å². The fraction of sp³-hybridized carbons (Fsp3) is 0.650. The highest BCUT2D eigenvalue weighted by Gasteiger charge is 2.25. The summed E-state index contributed by atoms with van der Waals surface area (Å²) in [5.74, 6) is 0.776. The van der Waals surface area contributed by atoms with Gasteiger partial charge in [-0.2, -0.15) is 0 Å². The first-order valence-corrected chi connectivity index (χ1v) is 9.51. The minimum absolute atomic E-state index is 0.0284. The molecule has 2 aliphatic heterocycles. The summed E-state index contributed by atoms with van der Waals surface area (Å²) in [4.78, 5) is 16.9. The van der Waals surface area contributed by atoms with Crippen LogP contribution in [0.2, 0.25) is 0 Å². The summed E-state index contributed by atoms with van der Waals surface area (Å²) in [6.45, 7) is 10.5. The standard InChI is InChI=1S/C20H30N2O4/c1-16-4-5-18(12-17(16)2)26-15-20(23)22-6-3-9-25-19(14-22)13-21-7-10-24-11-8-21/h4-5,12,19H,3,6-11,13-15H2,1-2H3/t19-/m0/s1. The summed E-state index contributed by atoms with van der Waals surface area (Å²) in [6.07, 6.45) is 0.927. The van der Waals surface area contributed by atoms with E-state index in [1.54, 1.807) is 0 Å². The summed E-state index contributed by atoms with van der Waals surface area (Å²) >= 11 is 0. The van der Waals surface area contributed by atoms with E-state index in [9.17, 15) is 4.79 Å². The molecule has 0 saturated carbocycles. The molecule has 0 radical (unpaired) electrons. The van der Waals surface area contributed by atoms with E-state index in [1.165, 1.54) is 11.1 Å². The van der Waals surface area contributed by atoms with Crippen LogP contribution < -0.4 is 4.74 Å². The molecular weight excluding hydrogens is 332 g/mol. The molecule has 2 fully saturated rings. The fourth-order valence-corrected chi connectivity index (χ4v) is 3.34. The third-order valence-electron chi connectivity index (χ3n) is 5.11. The number of nitrogens with zero attached hydrogens (tertiary/aromatic N) is 2. The normalized spacial score (nSPS) is 22.1. The third kappa shape index (κ3) is 5.43. The van der Waals surface area contributed by atoms with E-state index in [0.717, 1.165) is 51.6 Å². The van der Waals surface area contributed by atoms with Gasteiger partial charge < -0.3 is 19.1 Å². The van der Waals surface area contributed by atoms with E-state index in [-0.39, 0.29) is 18.6 Å². The molecule has 1 amide bonds. The third-order valence-corrected chi connectivity index (χ3v) is 5.11. The number of hydrogen-bond donors (Lipinski definition) is 0. The Labute approximate surface area is 156 Å². The number of benzene rings is 1. The smallest absolute Gasteiger partial charge is 0.260 e. The van der Waals surface area contributed by atoms with Gasteiger partial charge in [0.1, 0.15) is 5.75 Å². The first-order valence-electron chi connectivity index (χ1n) is 9.51. The molecule has 3 rings (SSSR count). The van der Waals surface area contributed by atoms with Crippen LogP contribution in [0.4, 0.5) is 0 Å². The first kappa shape index (κ1) is 19.1. The van der Waals surface area contributed by atoms with Crippen molar-refractivity contribution in [1.82, 2.24) is 9.80 Å². The molecular formula is C20H30N2O4. The predicted molar refractivity (Wildman–Crippen MR) is 99.6 cm³/mol. The Bertz CT molecular complexity index is 601. The van der Waals surface area contributed by atoms with Crippen molar-refractivity contribution in [2.24, 2.45) is 0 Å². The van der Waals surface area contributed by atoms with Crippen LogP contribution in [0.1, 0.15) is 17.5 Å². The highest BCUT2D eigenvalue weighted by Crippen LogP contribution is 2.17. The van der Waals surface area contributed by atoms with Gasteiger partial charge in [-0.3, -0.25) is 9.69 Å². The summed E-state index contributed by atoms with van der Waals surface area (Å²) in [7, 11) is 0. The second kappa shape index (κ2) is 9.35. The number of carbonyl (C=O) groups excluding carboxylic acids is 1. The molecule has 0 bridgehead atoms. The van der Waals surface area contributed by atoms with Crippen molar-refractivity contribution in [2.45, 2.75) is 26.4 Å². The van der Waals surface area contributed by atoms with Crippen molar-refractivity contribution in [3.8, 4) is 5.75 Å². The lowest BCUT2D eigenvalue weighted by molar-refractivity contribution is -0.134. The number of morpholine rings is 1. The first-order chi connectivity index (χ1) is 12.6. The fourth-order valence-electron chi connectivity index (χ4n) is 3.34. The van der Waals surface area contributed by atoms with Gasteiger partial charge in [0.2, 0.25) is 0 Å². The summed E-state index contributed by atoms with van der Waals surface area (Å²) < 4.78 is 17.1. The van der Waals surface area contributed by atoms with Gasteiger partial charge >= 0.3 is 0 Å². The van der Waals surface area contributed by atoms with Crippen LogP contribution in [0.3, 0.4) is 0 Å². The molecule has 26 heavy (non-hydrogen) atoms. The molecule has 6 nitrogen and oxygen atoms in total. The number of ether oxygens (including phenoxy) is 3. The molecule has 0 N–H and O–H groups in total. The Balaban J connectivity index is 1.50. The quantitative estimate of drug-likeness (QED) is 0.797. The van der Waals surface area contributed by atoms with E-state index >= 15 is 0 Å². The molecule has 6 heteroatoms. The number of aryl methyl sites for hydroxylation is 2. The van der Waals surface area contributed by atoms with Crippen molar-refractivity contribution < 1.29 is 19.0 Å². The van der Waals surface area contributed by atoms with E-state index in [4.69, 9.17) is 14.2 Å². The molecule has 0 aromatic heterocycles. The van der Waals surface area contributed by atoms with Gasteiger partial charge in [0.05, 0.1) is 19.3 Å². The predicted octanol–water partition coefficient (Wildman–Crippen LogP) is 1.63. The minimum atomic E-state index is 0.0284. The van der Waals surface area contributed by atoms with Gasteiger partial charge in [-0.15, -0.1) is 0 Å². The summed E-state index contributed by atoms with van der Waals surface area (Å²) in [5.41, 5.74) is 2.39. The Hall–Kier alpha value is -1.63. The van der Waals surface area contributed by atoms with E-state index in [2.05, 4.69) is 11.8 Å². The molecule has 2 heterocycles. The van der Waals surface area contributed by atoms with E-state index in [1.807, 2.05) is 30.0 Å². The highest BCUT2D eigenvalue weighted by molar-refractivity contribution is 5.77. The number of rotatable bonds is 5. The summed E-state index contributed by atoms with van der Waals surface area (Å²) in [5, 5.41) is 0. The Morgan fingerprint density at radius 1 is 1.15 bits per heavy atom. The monoisotopic (exact) mass is 362 g/mol. The lowest BCUT2D eigenvalue weighted by Crippen LogP contribution is -2.46. The molecule has 0 unspecified atom stereocenters. The molecule has 2 aliphatic rings. The van der Waals surface area contributed by atoms with Gasteiger partial charge in [-0.1, -0.05) is 6.07 Å².